The normalized spacial score (nSPS) is 12.0. The zero-order valence-electron chi connectivity index (χ0n) is 13.6. The Morgan fingerprint density at radius 1 is 1.20 bits per heavy atom. The van der Waals surface area contributed by atoms with Crippen LogP contribution in [0.1, 0.15) is 17.2 Å². The molecule has 2 N–H and O–H groups in total. The molecule has 0 aliphatic rings. The summed E-state index contributed by atoms with van der Waals surface area (Å²) in [5.41, 5.74) is 1.76. The molecule has 2 heterocycles. The van der Waals surface area contributed by atoms with Gasteiger partial charge in [0.1, 0.15) is 18.2 Å². The number of nitrogens with zero attached hydrogens (tertiary/aromatic N) is 4. The molecule has 7 nitrogen and oxygen atoms in total. The van der Waals surface area contributed by atoms with Gasteiger partial charge in [-0.15, -0.1) is 0 Å². The van der Waals surface area contributed by atoms with Gasteiger partial charge < -0.3 is 15.2 Å². The van der Waals surface area contributed by atoms with E-state index in [1.165, 1.54) is 18.3 Å². The first-order valence-electron chi connectivity index (χ1n) is 7.72. The third kappa shape index (κ3) is 4.30. The van der Waals surface area contributed by atoms with E-state index < -0.39 is 0 Å². The SMILES string of the molecule is Cn1cc(C(Nc2cncc(OCCO)n2)c2ccc(F)cc2)cn1. The van der Waals surface area contributed by atoms with Gasteiger partial charge in [-0.3, -0.25) is 9.67 Å². The third-order valence-electron chi connectivity index (χ3n) is 3.51. The zero-order chi connectivity index (χ0) is 17.6. The van der Waals surface area contributed by atoms with Crippen LogP contribution in [-0.4, -0.2) is 38.1 Å². The third-order valence-corrected chi connectivity index (χ3v) is 3.51. The van der Waals surface area contributed by atoms with Crippen molar-refractivity contribution < 1.29 is 14.2 Å². The minimum Gasteiger partial charge on any atom is -0.474 e. The molecule has 0 saturated carbocycles. The number of ether oxygens (including phenoxy) is 1. The highest BCUT2D eigenvalue weighted by atomic mass is 19.1. The van der Waals surface area contributed by atoms with Crippen LogP contribution < -0.4 is 10.1 Å². The second kappa shape index (κ2) is 7.71. The van der Waals surface area contributed by atoms with Crippen LogP contribution in [0, 0.1) is 5.82 Å². The number of aromatic nitrogens is 4. The molecule has 3 aromatic rings. The molecule has 2 aromatic heterocycles. The first-order valence-corrected chi connectivity index (χ1v) is 7.72. The topological polar surface area (TPSA) is 85.1 Å². The van der Waals surface area contributed by atoms with Crippen LogP contribution in [-0.2, 0) is 7.05 Å². The van der Waals surface area contributed by atoms with E-state index in [-0.39, 0.29) is 25.1 Å². The van der Waals surface area contributed by atoms with Crippen molar-refractivity contribution in [2.24, 2.45) is 7.05 Å². The van der Waals surface area contributed by atoms with Crippen LogP contribution in [0.3, 0.4) is 0 Å². The van der Waals surface area contributed by atoms with Gasteiger partial charge in [0.25, 0.3) is 0 Å². The number of aliphatic hydroxyl groups is 1. The zero-order valence-corrected chi connectivity index (χ0v) is 13.6. The number of anilines is 1. The van der Waals surface area contributed by atoms with E-state index in [0.29, 0.717) is 11.7 Å². The Morgan fingerprint density at radius 2 is 2.00 bits per heavy atom. The molecule has 0 radical (unpaired) electrons. The summed E-state index contributed by atoms with van der Waals surface area (Å²) < 4.78 is 20.2. The predicted octanol–water partition coefficient (Wildman–Crippen LogP) is 1.92. The second-order valence-corrected chi connectivity index (χ2v) is 5.39. The lowest BCUT2D eigenvalue weighted by molar-refractivity contribution is 0.196. The van der Waals surface area contributed by atoms with Crippen LogP contribution in [0.5, 0.6) is 5.88 Å². The van der Waals surface area contributed by atoms with E-state index in [1.807, 2.05) is 13.2 Å². The monoisotopic (exact) mass is 343 g/mol. The maximum absolute atomic E-state index is 13.3. The quantitative estimate of drug-likeness (QED) is 0.682. The maximum atomic E-state index is 13.3. The number of hydrogen-bond donors (Lipinski definition) is 2. The fraction of sp³-hybridized carbons (Fsp3) is 0.235. The summed E-state index contributed by atoms with van der Waals surface area (Å²) in [7, 11) is 1.83. The second-order valence-electron chi connectivity index (χ2n) is 5.39. The molecule has 0 saturated heterocycles. The van der Waals surface area contributed by atoms with Crippen molar-refractivity contribution in [3.8, 4) is 5.88 Å². The highest BCUT2D eigenvalue weighted by Crippen LogP contribution is 2.26. The van der Waals surface area contributed by atoms with E-state index in [1.54, 1.807) is 29.2 Å². The highest BCUT2D eigenvalue weighted by Gasteiger charge is 2.17. The molecule has 0 aliphatic carbocycles. The number of rotatable bonds is 7. The van der Waals surface area contributed by atoms with Crippen molar-refractivity contribution in [2.45, 2.75) is 6.04 Å². The van der Waals surface area contributed by atoms with Gasteiger partial charge in [0.15, 0.2) is 0 Å². The van der Waals surface area contributed by atoms with Gasteiger partial charge in [-0.05, 0) is 17.7 Å². The summed E-state index contributed by atoms with van der Waals surface area (Å²) in [6, 6.07) is 5.95. The Kier molecular flexibility index (Phi) is 5.20. The van der Waals surface area contributed by atoms with E-state index >= 15 is 0 Å². The number of hydrogen-bond acceptors (Lipinski definition) is 6. The number of nitrogens with one attached hydrogen (secondary N) is 1. The molecule has 0 fully saturated rings. The van der Waals surface area contributed by atoms with Gasteiger partial charge >= 0.3 is 0 Å². The van der Waals surface area contributed by atoms with Crippen molar-refractivity contribution in [2.75, 3.05) is 18.5 Å². The average molecular weight is 343 g/mol. The standard InChI is InChI=1S/C17H18FN5O2/c1-23-11-13(8-20-23)17(12-2-4-14(18)5-3-12)22-15-9-19-10-16(21-15)25-7-6-24/h2-5,8-11,17,24H,6-7H2,1H3,(H,21,22). The Labute approximate surface area is 144 Å². The summed E-state index contributed by atoms with van der Waals surface area (Å²) in [5.74, 6) is 0.504. The van der Waals surface area contributed by atoms with E-state index in [9.17, 15) is 4.39 Å². The van der Waals surface area contributed by atoms with Crippen LogP contribution in [0.15, 0.2) is 49.1 Å². The summed E-state index contributed by atoms with van der Waals surface area (Å²) in [6.45, 7) is 0.0371. The average Bonchev–Trinajstić information content (AvgIpc) is 3.05. The van der Waals surface area contributed by atoms with Crippen LogP contribution in [0.4, 0.5) is 10.2 Å². The molecule has 0 aliphatic heterocycles. The van der Waals surface area contributed by atoms with Crippen molar-refractivity contribution >= 4 is 5.82 Å². The van der Waals surface area contributed by atoms with Gasteiger partial charge in [-0.25, -0.2) is 4.39 Å². The van der Waals surface area contributed by atoms with Gasteiger partial charge in [0.05, 0.1) is 31.2 Å². The Morgan fingerprint density at radius 3 is 2.68 bits per heavy atom. The molecular formula is C17H18FN5O2. The van der Waals surface area contributed by atoms with Crippen molar-refractivity contribution in [3.05, 3.63) is 66.0 Å². The van der Waals surface area contributed by atoms with E-state index in [0.717, 1.165) is 11.1 Å². The van der Waals surface area contributed by atoms with E-state index in [4.69, 9.17) is 9.84 Å². The summed E-state index contributed by atoms with van der Waals surface area (Å²) in [6.07, 6.45) is 6.65. The molecule has 25 heavy (non-hydrogen) atoms. The summed E-state index contributed by atoms with van der Waals surface area (Å²) in [5, 5.41) is 16.3. The summed E-state index contributed by atoms with van der Waals surface area (Å²) in [4.78, 5) is 8.40. The molecule has 8 heteroatoms. The number of aryl methyl sites for hydroxylation is 1. The molecule has 0 amide bonds. The van der Waals surface area contributed by atoms with Crippen LogP contribution in [0.2, 0.25) is 0 Å². The fourth-order valence-electron chi connectivity index (χ4n) is 2.39. The molecule has 130 valence electrons. The van der Waals surface area contributed by atoms with E-state index in [2.05, 4.69) is 20.4 Å². The lowest BCUT2D eigenvalue weighted by Crippen LogP contribution is -2.14. The number of halogens is 1. The minimum atomic E-state index is -0.298. The van der Waals surface area contributed by atoms with Gasteiger partial charge in [-0.2, -0.15) is 10.1 Å². The molecular weight excluding hydrogens is 325 g/mol. The van der Waals surface area contributed by atoms with Crippen molar-refractivity contribution in [1.29, 1.82) is 0 Å². The smallest absolute Gasteiger partial charge is 0.234 e. The lowest BCUT2D eigenvalue weighted by Gasteiger charge is -2.19. The molecule has 3 rings (SSSR count). The Hall–Kier alpha value is -3.00. The number of benzene rings is 1. The Bertz CT molecular complexity index is 822. The maximum Gasteiger partial charge on any atom is 0.234 e. The first kappa shape index (κ1) is 16.8. The predicted molar refractivity (Wildman–Crippen MR) is 89.7 cm³/mol. The number of aliphatic hydroxyl groups excluding tert-OH is 1. The molecule has 1 atom stereocenters. The van der Waals surface area contributed by atoms with Crippen LogP contribution in [0.25, 0.3) is 0 Å². The van der Waals surface area contributed by atoms with Gasteiger partial charge in [-0.1, -0.05) is 12.1 Å². The Balaban J connectivity index is 1.88. The first-order chi connectivity index (χ1) is 12.2. The molecule has 1 aromatic carbocycles. The largest absolute Gasteiger partial charge is 0.474 e. The summed E-state index contributed by atoms with van der Waals surface area (Å²) >= 11 is 0. The van der Waals surface area contributed by atoms with Crippen molar-refractivity contribution in [1.82, 2.24) is 19.7 Å². The molecule has 0 bridgehead atoms. The minimum absolute atomic E-state index is 0.104. The van der Waals surface area contributed by atoms with Gasteiger partial charge in [0.2, 0.25) is 5.88 Å². The molecule has 0 spiro atoms. The molecule has 1 unspecified atom stereocenters. The van der Waals surface area contributed by atoms with Crippen LogP contribution >= 0.6 is 0 Å². The van der Waals surface area contributed by atoms with Gasteiger partial charge in [0, 0.05) is 18.8 Å². The highest BCUT2D eigenvalue weighted by molar-refractivity contribution is 5.43. The lowest BCUT2D eigenvalue weighted by atomic mass is 10.0. The van der Waals surface area contributed by atoms with Crippen molar-refractivity contribution in [3.63, 3.8) is 0 Å². The fourth-order valence-corrected chi connectivity index (χ4v) is 2.39.